The Kier molecular flexibility index (Phi) is 9.58. The maximum atomic E-state index is 13.1. The molecule has 184 valence electrons. The van der Waals surface area contributed by atoms with Crippen molar-refractivity contribution in [2.75, 3.05) is 57.3 Å². The van der Waals surface area contributed by atoms with Gasteiger partial charge in [-0.3, -0.25) is 9.59 Å². The van der Waals surface area contributed by atoms with Crippen molar-refractivity contribution in [3.05, 3.63) is 47.5 Å². The predicted molar refractivity (Wildman–Crippen MR) is 133 cm³/mol. The number of carbonyl (C=O) groups is 2. The first kappa shape index (κ1) is 25.4. The molecule has 1 fully saturated rings. The number of methoxy groups -OCH3 is 2. The van der Waals surface area contributed by atoms with Gasteiger partial charge in [-0.1, -0.05) is 0 Å². The molecule has 0 unspecified atom stereocenters. The maximum absolute atomic E-state index is 13.1. The SMILES string of the molecule is CCOCCCNC(=O)c1cc(NC(=O)c2cc(OC)cc(OC)c2)ccc1N1CCCCC1. The molecule has 2 aromatic rings. The van der Waals surface area contributed by atoms with Crippen LogP contribution in [0, 0.1) is 0 Å². The topological polar surface area (TPSA) is 89.1 Å². The van der Waals surface area contributed by atoms with Gasteiger partial charge in [0.25, 0.3) is 11.8 Å². The van der Waals surface area contributed by atoms with E-state index in [1.165, 1.54) is 20.6 Å². The number of nitrogens with one attached hydrogen (secondary N) is 2. The molecule has 0 saturated carbocycles. The van der Waals surface area contributed by atoms with E-state index in [0.717, 1.165) is 38.0 Å². The lowest BCUT2D eigenvalue weighted by Crippen LogP contribution is -2.33. The molecule has 34 heavy (non-hydrogen) atoms. The fourth-order valence-electron chi connectivity index (χ4n) is 3.96. The minimum Gasteiger partial charge on any atom is -0.497 e. The molecule has 0 radical (unpaired) electrons. The van der Waals surface area contributed by atoms with Crippen LogP contribution in [-0.4, -0.2) is 58.9 Å². The molecule has 0 bridgehead atoms. The Morgan fingerprint density at radius 3 is 2.29 bits per heavy atom. The Hall–Kier alpha value is -3.26. The van der Waals surface area contributed by atoms with Crippen LogP contribution in [0.2, 0.25) is 0 Å². The van der Waals surface area contributed by atoms with Crippen molar-refractivity contribution < 1.29 is 23.8 Å². The minimum absolute atomic E-state index is 0.156. The second kappa shape index (κ2) is 12.8. The van der Waals surface area contributed by atoms with Gasteiger partial charge >= 0.3 is 0 Å². The average molecular weight is 470 g/mol. The average Bonchev–Trinajstić information content (AvgIpc) is 2.88. The zero-order valence-corrected chi connectivity index (χ0v) is 20.3. The van der Waals surface area contributed by atoms with E-state index in [0.29, 0.717) is 48.1 Å². The summed E-state index contributed by atoms with van der Waals surface area (Å²) in [6, 6.07) is 10.5. The highest BCUT2D eigenvalue weighted by atomic mass is 16.5. The van der Waals surface area contributed by atoms with Gasteiger partial charge in [0, 0.05) is 55.9 Å². The van der Waals surface area contributed by atoms with Gasteiger partial charge in [-0.2, -0.15) is 0 Å². The van der Waals surface area contributed by atoms with E-state index in [9.17, 15) is 9.59 Å². The molecular weight excluding hydrogens is 434 g/mol. The van der Waals surface area contributed by atoms with Crippen LogP contribution in [0.4, 0.5) is 11.4 Å². The Morgan fingerprint density at radius 1 is 0.941 bits per heavy atom. The normalized spacial score (nSPS) is 13.3. The van der Waals surface area contributed by atoms with Gasteiger partial charge in [-0.05, 0) is 62.9 Å². The zero-order valence-electron chi connectivity index (χ0n) is 20.3. The first-order valence-electron chi connectivity index (χ1n) is 11.8. The summed E-state index contributed by atoms with van der Waals surface area (Å²) < 4.78 is 15.9. The van der Waals surface area contributed by atoms with Gasteiger partial charge < -0.3 is 29.7 Å². The summed E-state index contributed by atoms with van der Waals surface area (Å²) in [7, 11) is 3.07. The van der Waals surface area contributed by atoms with Crippen molar-refractivity contribution in [2.45, 2.75) is 32.6 Å². The van der Waals surface area contributed by atoms with Gasteiger partial charge in [0.2, 0.25) is 0 Å². The summed E-state index contributed by atoms with van der Waals surface area (Å²) in [5.74, 6) is 0.580. The Labute approximate surface area is 201 Å². The van der Waals surface area contributed by atoms with Crippen LogP contribution < -0.4 is 25.0 Å². The van der Waals surface area contributed by atoms with Gasteiger partial charge in [0.05, 0.1) is 19.8 Å². The fraction of sp³-hybridized carbons (Fsp3) is 0.462. The third-order valence-corrected chi connectivity index (χ3v) is 5.76. The molecule has 1 saturated heterocycles. The molecule has 2 aromatic carbocycles. The van der Waals surface area contributed by atoms with Crippen molar-refractivity contribution in [3.8, 4) is 11.5 Å². The predicted octanol–water partition coefficient (Wildman–Crippen LogP) is 4.10. The van der Waals surface area contributed by atoms with Gasteiger partial charge in [0.15, 0.2) is 0 Å². The number of rotatable bonds is 11. The number of hydrogen-bond acceptors (Lipinski definition) is 6. The number of carbonyl (C=O) groups excluding carboxylic acids is 2. The van der Waals surface area contributed by atoms with Crippen molar-refractivity contribution in [3.63, 3.8) is 0 Å². The van der Waals surface area contributed by atoms with Crippen molar-refractivity contribution >= 4 is 23.2 Å². The van der Waals surface area contributed by atoms with E-state index in [4.69, 9.17) is 14.2 Å². The van der Waals surface area contributed by atoms with E-state index >= 15 is 0 Å². The van der Waals surface area contributed by atoms with E-state index in [1.54, 1.807) is 24.3 Å². The van der Waals surface area contributed by atoms with Gasteiger partial charge in [0.1, 0.15) is 11.5 Å². The number of nitrogens with zero attached hydrogens (tertiary/aromatic N) is 1. The Balaban J connectivity index is 1.80. The first-order chi connectivity index (χ1) is 16.5. The second-order valence-electron chi connectivity index (χ2n) is 8.14. The molecule has 1 heterocycles. The highest BCUT2D eigenvalue weighted by Gasteiger charge is 2.20. The molecule has 8 nitrogen and oxygen atoms in total. The number of amides is 2. The van der Waals surface area contributed by atoms with E-state index in [2.05, 4.69) is 15.5 Å². The van der Waals surface area contributed by atoms with Crippen LogP contribution in [0.1, 0.15) is 53.3 Å². The largest absolute Gasteiger partial charge is 0.497 e. The third-order valence-electron chi connectivity index (χ3n) is 5.76. The highest BCUT2D eigenvalue weighted by molar-refractivity contribution is 6.06. The number of anilines is 2. The number of ether oxygens (including phenoxy) is 3. The molecule has 1 aliphatic heterocycles. The van der Waals surface area contributed by atoms with Gasteiger partial charge in [-0.15, -0.1) is 0 Å². The van der Waals surface area contributed by atoms with E-state index in [-0.39, 0.29) is 11.8 Å². The van der Waals surface area contributed by atoms with Gasteiger partial charge in [-0.25, -0.2) is 0 Å². The molecule has 2 amide bonds. The lowest BCUT2D eigenvalue weighted by Gasteiger charge is -2.30. The van der Waals surface area contributed by atoms with Crippen LogP contribution in [0.15, 0.2) is 36.4 Å². The molecule has 0 aromatic heterocycles. The fourth-order valence-corrected chi connectivity index (χ4v) is 3.96. The molecule has 3 rings (SSSR count). The van der Waals surface area contributed by atoms with Crippen LogP contribution in [0.25, 0.3) is 0 Å². The molecule has 0 aliphatic carbocycles. The summed E-state index contributed by atoms with van der Waals surface area (Å²) in [5, 5.41) is 5.89. The minimum atomic E-state index is -0.314. The van der Waals surface area contributed by atoms with Crippen LogP contribution >= 0.6 is 0 Å². The summed E-state index contributed by atoms with van der Waals surface area (Å²) in [4.78, 5) is 28.3. The summed E-state index contributed by atoms with van der Waals surface area (Å²) in [6.07, 6.45) is 4.15. The maximum Gasteiger partial charge on any atom is 0.255 e. The first-order valence-corrected chi connectivity index (χ1v) is 11.8. The zero-order chi connectivity index (χ0) is 24.3. The number of benzene rings is 2. The molecular formula is C26H35N3O5. The van der Waals surface area contributed by atoms with Crippen molar-refractivity contribution in [2.24, 2.45) is 0 Å². The standard InChI is InChI=1S/C26H35N3O5/c1-4-34-14-8-11-27-26(31)23-17-20(9-10-24(23)29-12-6-5-7-13-29)28-25(30)19-15-21(32-2)18-22(16-19)33-3/h9-10,15-18H,4-8,11-14H2,1-3H3,(H,27,31)(H,28,30). The highest BCUT2D eigenvalue weighted by Crippen LogP contribution is 2.28. The monoisotopic (exact) mass is 469 g/mol. The van der Waals surface area contributed by atoms with E-state index in [1.807, 2.05) is 19.1 Å². The quantitative estimate of drug-likeness (QED) is 0.482. The van der Waals surface area contributed by atoms with E-state index < -0.39 is 0 Å². The number of piperidine rings is 1. The Morgan fingerprint density at radius 2 is 1.65 bits per heavy atom. The van der Waals surface area contributed by atoms with Crippen molar-refractivity contribution in [1.82, 2.24) is 5.32 Å². The van der Waals surface area contributed by atoms with Crippen LogP contribution in [-0.2, 0) is 4.74 Å². The molecule has 0 atom stereocenters. The summed E-state index contributed by atoms with van der Waals surface area (Å²) in [5.41, 5.74) is 2.40. The smallest absolute Gasteiger partial charge is 0.255 e. The summed E-state index contributed by atoms with van der Waals surface area (Å²) in [6.45, 7) is 5.58. The van der Waals surface area contributed by atoms with Crippen LogP contribution in [0.5, 0.6) is 11.5 Å². The van der Waals surface area contributed by atoms with Crippen LogP contribution in [0.3, 0.4) is 0 Å². The third kappa shape index (κ3) is 6.87. The molecule has 8 heteroatoms. The Bertz CT molecular complexity index is 951. The molecule has 2 N–H and O–H groups in total. The lowest BCUT2D eigenvalue weighted by atomic mass is 10.1. The molecule has 1 aliphatic rings. The summed E-state index contributed by atoms with van der Waals surface area (Å²) >= 11 is 0. The lowest BCUT2D eigenvalue weighted by molar-refractivity contribution is 0.0943. The second-order valence-corrected chi connectivity index (χ2v) is 8.14. The number of hydrogen-bond donors (Lipinski definition) is 2. The van der Waals surface area contributed by atoms with Crippen molar-refractivity contribution in [1.29, 1.82) is 0 Å². The molecule has 0 spiro atoms.